The maximum Gasteiger partial charge on any atom is 0.149 e. The normalized spacial score (nSPS) is 13.6. The Morgan fingerprint density at radius 3 is 1.13 bits per heavy atom. The molecule has 0 radical (unpaired) electrons. The molecule has 69 heavy (non-hydrogen) atoms. The molecule has 2 nitrogen and oxygen atoms in total. The Morgan fingerprint density at radius 2 is 0.754 bits per heavy atom. The van der Waals surface area contributed by atoms with E-state index in [1.54, 1.807) is 0 Å². The summed E-state index contributed by atoms with van der Waals surface area (Å²) in [6.45, 7) is 9.25. The van der Waals surface area contributed by atoms with Crippen LogP contribution in [-0.2, 0) is 16.2 Å². The Bertz CT molecular complexity index is 3450. The minimum absolute atomic E-state index is 0.298. The van der Waals surface area contributed by atoms with Crippen molar-refractivity contribution in [2.75, 3.05) is 13.2 Å². The van der Waals surface area contributed by atoms with Gasteiger partial charge in [0.15, 0.2) is 0 Å². The standard InChI is InChI=1S/C65H48O2S2/c1-5-7-37-66-49-31-27-43-39-47(29-25-45(43)41-49)64(55-21-13-9-17-51(55)52-18-10-14-22-56(52)64)61-35-33-59(68-61)63(3,4)60-34-36-62(69-60)65(57-23-15-11-19-53(57)54-20-12-16-24-58(54)65)48-30-26-46-42-50(67-38-8-6-2)32-28-44(46)40-48/h9-36,39-42H,37-38H2,1-4H3. The predicted molar refractivity (Wildman–Crippen MR) is 288 cm³/mol. The van der Waals surface area contributed by atoms with Crippen LogP contribution in [0.4, 0.5) is 0 Å². The third-order valence-electron chi connectivity index (χ3n) is 14.6. The second kappa shape index (κ2) is 16.9. The van der Waals surface area contributed by atoms with Crippen molar-refractivity contribution >= 4 is 44.2 Å². The molecule has 0 saturated heterocycles. The van der Waals surface area contributed by atoms with Gasteiger partial charge in [0.1, 0.15) is 24.7 Å². The highest BCUT2D eigenvalue weighted by atomic mass is 32.1. The average Bonchev–Trinajstić information content (AvgIpc) is 4.21. The fourth-order valence-corrected chi connectivity index (χ4v) is 14.1. The number of thiophene rings is 2. The number of hydrogen-bond donors (Lipinski definition) is 0. The van der Waals surface area contributed by atoms with E-state index in [9.17, 15) is 0 Å². The molecular formula is C65H48O2S2. The van der Waals surface area contributed by atoms with Gasteiger partial charge in [-0.25, -0.2) is 0 Å². The largest absolute Gasteiger partial charge is 0.481 e. The quantitative estimate of drug-likeness (QED) is 0.127. The Balaban J connectivity index is 0.990. The van der Waals surface area contributed by atoms with Crippen LogP contribution in [0.25, 0.3) is 43.8 Å². The molecule has 2 aliphatic carbocycles. The van der Waals surface area contributed by atoms with Crippen LogP contribution in [0.3, 0.4) is 0 Å². The topological polar surface area (TPSA) is 18.5 Å². The van der Waals surface area contributed by atoms with E-state index in [2.05, 4.69) is 232 Å². The molecule has 2 heterocycles. The van der Waals surface area contributed by atoms with Crippen molar-refractivity contribution in [3.05, 3.63) is 247 Å². The highest BCUT2D eigenvalue weighted by Gasteiger charge is 2.49. The van der Waals surface area contributed by atoms with E-state index in [1.165, 1.54) is 85.9 Å². The van der Waals surface area contributed by atoms with Gasteiger partial charge < -0.3 is 9.47 Å². The number of benzene rings is 8. The molecule has 0 fully saturated rings. The van der Waals surface area contributed by atoms with Gasteiger partial charge in [-0.1, -0.05) is 159 Å². The molecule has 2 aromatic heterocycles. The molecule has 0 bridgehead atoms. The van der Waals surface area contributed by atoms with Crippen molar-refractivity contribution in [1.82, 2.24) is 0 Å². The van der Waals surface area contributed by atoms with Gasteiger partial charge in [-0.2, -0.15) is 0 Å². The lowest BCUT2D eigenvalue weighted by atomic mass is 9.71. The third-order valence-corrected chi connectivity index (χ3v) is 17.6. The molecule has 10 aromatic rings. The van der Waals surface area contributed by atoms with E-state index < -0.39 is 10.8 Å². The zero-order chi connectivity index (χ0) is 46.7. The molecule has 0 atom stereocenters. The first-order valence-electron chi connectivity index (χ1n) is 23.6. The Kier molecular flexibility index (Phi) is 10.4. The summed E-state index contributed by atoms with van der Waals surface area (Å²) in [7, 11) is 0. The number of ether oxygens (including phenoxy) is 2. The minimum Gasteiger partial charge on any atom is -0.481 e. The summed E-state index contributed by atoms with van der Waals surface area (Å²) in [5.74, 6) is 13.6. The van der Waals surface area contributed by atoms with Crippen molar-refractivity contribution in [3.8, 4) is 57.4 Å². The highest BCUT2D eigenvalue weighted by Crippen LogP contribution is 2.61. The summed E-state index contributed by atoms with van der Waals surface area (Å²) in [5, 5.41) is 4.64. The van der Waals surface area contributed by atoms with Crippen molar-refractivity contribution in [3.63, 3.8) is 0 Å². The van der Waals surface area contributed by atoms with Crippen LogP contribution in [-0.4, -0.2) is 13.2 Å². The van der Waals surface area contributed by atoms with Crippen molar-refractivity contribution < 1.29 is 9.47 Å². The molecule has 2 aliphatic rings. The Morgan fingerprint density at radius 1 is 0.406 bits per heavy atom. The second-order valence-electron chi connectivity index (χ2n) is 18.5. The monoisotopic (exact) mass is 924 g/mol. The molecule has 0 N–H and O–H groups in total. The van der Waals surface area contributed by atoms with Crippen LogP contribution in [0.5, 0.6) is 11.5 Å². The van der Waals surface area contributed by atoms with Crippen LogP contribution in [0.15, 0.2) is 194 Å². The van der Waals surface area contributed by atoms with Gasteiger partial charge in [0, 0.05) is 24.9 Å². The van der Waals surface area contributed by atoms with E-state index in [1.807, 2.05) is 36.5 Å². The molecule has 0 unspecified atom stereocenters. The molecule has 0 spiro atoms. The third kappa shape index (κ3) is 6.62. The first-order chi connectivity index (χ1) is 33.8. The molecule has 12 rings (SSSR count). The van der Waals surface area contributed by atoms with E-state index in [-0.39, 0.29) is 5.41 Å². The van der Waals surface area contributed by atoms with Gasteiger partial charge in [0.05, 0.1) is 10.8 Å². The maximum atomic E-state index is 5.98. The Labute approximate surface area is 412 Å². The van der Waals surface area contributed by atoms with Gasteiger partial charge in [-0.05, 0) is 152 Å². The fraction of sp³-hybridized carbons (Fsp3) is 0.138. The first kappa shape index (κ1) is 42.7. The SMILES string of the molecule is CC#CCOc1ccc2cc(C3(c4ccc(C(C)(C)c5ccc(C6(c7ccc8cc(OCC#CC)ccc8c7)c7ccccc7-c7ccccc76)s5)s4)c4ccccc4-c4ccccc43)ccc2c1. The smallest absolute Gasteiger partial charge is 0.149 e. The zero-order valence-corrected chi connectivity index (χ0v) is 40.7. The summed E-state index contributed by atoms with van der Waals surface area (Å²) in [4.78, 5) is 5.30. The predicted octanol–water partition coefficient (Wildman–Crippen LogP) is 16.0. The van der Waals surface area contributed by atoms with Gasteiger partial charge in [0.25, 0.3) is 0 Å². The lowest BCUT2D eigenvalue weighted by Gasteiger charge is -2.33. The van der Waals surface area contributed by atoms with Crippen molar-refractivity contribution in [2.24, 2.45) is 0 Å². The van der Waals surface area contributed by atoms with Crippen LogP contribution < -0.4 is 9.47 Å². The van der Waals surface area contributed by atoms with E-state index >= 15 is 0 Å². The van der Waals surface area contributed by atoms with Crippen LogP contribution in [0.1, 0.15) is 80.6 Å². The molecule has 0 saturated carbocycles. The van der Waals surface area contributed by atoms with Gasteiger partial charge in [-0.3, -0.25) is 0 Å². The molecule has 8 aromatic carbocycles. The van der Waals surface area contributed by atoms with Crippen LogP contribution in [0.2, 0.25) is 0 Å². The number of rotatable bonds is 10. The van der Waals surface area contributed by atoms with E-state index in [0.29, 0.717) is 13.2 Å². The van der Waals surface area contributed by atoms with Crippen LogP contribution in [0, 0.1) is 23.7 Å². The minimum atomic E-state index is -0.513. The highest BCUT2D eigenvalue weighted by molar-refractivity contribution is 7.14. The zero-order valence-electron chi connectivity index (χ0n) is 39.0. The lowest BCUT2D eigenvalue weighted by Crippen LogP contribution is -2.27. The summed E-state index contributed by atoms with van der Waals surface area (Å²) in [5.41, 5.74) is 11.6. The van der Waals surface area contributed by atoms with Gasteiger partial charge >= 0.3 is 0 Å². The lowest BCUT2D eigenvalue weighted by molar-refractivity contribution is 0.370. The molecule has 332 valence electrons. The van der Waals surface area contributed by atoms with Crippen molar-refractivity contribution in [2.45, 2.75) is 43.9 Å². The second-order valence-corrected chi connectivity index (χ2v) is 20.7. The molecule has 0 aliphatic heterocycles. The van der Waals surface area contributed by atoms with Crippen LogP contribution >= 0.6 is 22.7 Å². The van der Waals surface area contributed by atoms with Gasteiger partial charge in [0.2, 0.25) is 0 Å². The number of hydrogen-bond acceptors (Lipinski definition) is 4. The molecule has 0 amide bonds. The maximum absolute atomic E-state index is 5.98. The summed E-state index contributed by atoms with van der Waals surface area (Å²) < 4.78 is 12.0. The molecular weight excluding hydrogens is 877 g/mol. The van der Waals surface area contributed by atoms with Crippen molar-refractivity contribution in [1.29, 1.82) is 0 Å². The van der Waals surface area contributed by atoms with E-state index in [4.69, 9.17) is 9.47 Å². The molecule has 4 heteroatoms. The number of fused-ring (bicyclic) bond motifs is 8. The summed E-state index contributed by atoms with van der Waals surface area (Å²) in [6, 6.07) is 72.5. The van der Waals surface area contributed by atoms with Gasteiger partial charge in [-0.15, -0.1) is 34.5 Å². The first-order valence-corrected chi connectivity index (χ1v) is 25.2. The summed E-state index contributed by atoms with van der Waals surface area (Å²) in [6.07, 6.45) is 0. The van der Waals surface area contributed by atoms with E-state index in [0.717, 1.165) is 22.3 Å². The Hall–Kier alpha value is -7.60. The fourth-order valence-electron chi connectivity index (χ4n) is 11.3. The summed E-state index contributed by atoms with van der Waals surface area (Å²) >= 11 is 3.90. The average molecular weight is 925 g/mol.